The van der Waals surface area contributed by atoms with Gasteiger partial charge in [0.2, 0.25) is 0 Å². The van der Waals surface area contributed by atoms with Crippen LogP contribution in [0.3, 0.4) is 0 Å². The van der Waals surface area contributed by atoms with E-state index in [2.05, 4.69) is 22.0 Å². The van der Waals surface area contributed by atoms with Crippen LogP contribution in [-0.4, -0.2) is 19.2 Å². The first-order valence-corrected chi connectivity index (χ1v) is 2.83. The summed E-state index contributed by atoms with van der Waals surface area (Å²) in [6.45, 7) is 0.189. The van der Waals surface area contributed by atoms with Gasteiger partial charge in [0.15, 0.2) is 0 Å². The Bertz CT molecular complexity index is 199. The second kappa shape index (κ2) is 6.47. The number of amides is 2. The Balaban J connectivity index is 3.26. The lowest BCUT2D eigenvalue weighted by atomic mass is 10.7. The van der Waals surface area contributed by atoms with Crippen molar-refractivity contribution in [2.24, 2.45) is 0 Å². The van der Waals surface area contributed by atoms with E-state index < -0.39 is 6.03 Å². The standard InChI is InChI=1S/C7H8N2O2/c1-3-5-8-7(10)9-11-6-4-2/h1-2H,5-6H2,(H2,8,9,10). The maximum atomic E-state index is 10.6. The summed E-state index contributed by atoms with van der Waals surface area (Å²) in [6, 6.07) is -0.502. The number of nitrogens with one attached hydrogen (secondary N) is 2. The third kappa shape index (κ3) is 6.23. The van der Waals surface area contributed by atoms with Gasteiger partial charge in [-0.2, -0.15) is 0 Å². The molecule has 0 radical (unpaired) electrons. The molecule has 0 aromatic heterocycles. The van der Waals surface area contributed by atoms with E-state index in [-0.39, 0.29) is 13.2 Å². The Morgan fingerprint density at radius 3 is 2.73 bits per heavy atom. The number of hydrogen-bond acceptors (Lipinski definition) is 2. The number of terminal acetylenes is 2. The molecule has 58 valence electrons. The number of hydrogen-bond donors (Lipinski definition) is 2. The normalized spacial score (nSPS) is 7.45. The largest absolute Gasteiger partial charge is 0.339 e. The number of urea groups is 1. The maximum absolute atomic E-state index is 10.6. The first-order chi connectivity index (χ1) is 5.31. The molecule has 0 aliphatic heterocycles. The Morgan fingerprint density at radius 1 is 1.45 bits per heavy atom. The zero-order valence-corrected chi connectivity index (χ0v) is 5.89. The lowest BCUT2D eigenvalue weighted by molar-refractivity contribution is 0.0854. The predicted octanol–water partition coefficient (Wildman–Crippen LogP) is -0.516. The van der Waals surface area contributed by atoms with Crippen LogP contribution in [-0.2, 0) is 4.84 Å². The summed E-state index contributed by atoms with van der Waals surface area (Å²) < 4.78 is 0. The highest BCUT2D eigenvalue weighted by atomic mass is 16.7. The number of carbonyl (C=O) groups excluding carboxylic acids is 1. The van der Waals surface area contributed by atoms with Crippen molar-refractivity contribution in [2.75, 3.05) is 13.2 Å². The van der Waals surface area contributed by atoms with Crippen LogP contribution in [0.4, 0.5) is 4.79 Å². The zero-order chi connectivity index (χ0) is 8.53. The summed E-state index contributed by atoms with van der Waals surface area (Å²) in [7, 11) is 0. The molecule has 4 nitrogen and oxygen atoms in total. The van der Waals surface area contributed by atoms with Crippen LogP contribution >= 0.6 is 0 Å². The van der Waals surface area contributed by atoms with Crippen molar-refractivity contribution in [3.05, 3.63) is 0 Å². The molecule has 0 aromatic carbocycles. The molecule has 0 aliphatic carbocycles. The summed E-state index contributed by atoms with van der Waals surface area (Å²) in [4.78, 5) is 15.0. The van der Waals surface area contributed by atoms with Crippen LogP contribution in [0.25, 0.3) is 0 Å². The van der Waals surface area contributed by atoms with Gasteiger partial charge in [0.05, 0.1) is 6.54 Å². The summed E-state index contributed by atoms with van der Waals surface area (Å²) in [5.74, 6) is 4.40. The smallest absolute Gasteiger partial charge is 0.325 e. The van der Waals surface area contributed by atoms with Crippen molar-refractivity contribution >= 4 is 6.03 Å². The highest BCUT2D eigenvalue weighted by Crippen LogP contribution is 1.66. The van der Waals surface area contributed by atoms with Gasteiger partial charge in [-0.1, -0.05) is 11.8 Å². The van der Waals surface area contributed by atoms with Gasteiger partial charge >= 0.3 is 6.03 Å². The van der Waals surface area contributed by atoms with Gasteiger partial charge in [0.1, 0.15) is 6.61 Å². The van der Waals surface area contributed by atoms with E-state index >= 15 is 0 Å². The summed E-state index contributed by atoms with van der Waals surface area (Å²) >= 11 is 0. The van der Waals surface area contributed by atoms with E-state index in [1.807, 2.05) is 5.48 Å². The van der Waals surface area contributed by atoms with Gasteiger partial charge in [-0.3, -0.25) is 4.84 Å². The predicted molar refractivity (Wildman–Crippen MR) is 40.2 cm³/mol. The lowest BCUT2D eigenvalue weighted by Crippen LogP contribution is -2.35. The van der Waals surface area contributed by atoms with Gasteiger partial charge < -0.3 is 5.32 Å². The molecule has 0 aliphatic rings. The van der Waals surface area contributed by atoms with Gasteiger partial charge in [-0.15, -0.1) is 12.8 Å². The Kier molecular flexibility index (Phi) is 5.50. The molecule has 0 spiro atoms. The van der Waals surface area contributed by atoms with Gasteiger partial charge in [-0.05, 0) is 0 Å². The molecule has 0 atom stereocenters. The van der Waals surface area contributed by atoms with Crippen molar-refractivity contribution in [3.63, 3.8) is 0 Å². The Morgan fingerprint density at radius 2 is 2.18 bits per heavy atom. The molecule has 0 unspecified atom stereocenters. The van der Waals surface area contributed by atoms with Crippen molar-refractivity contribution in [1.82, 2.24) is 10.8 Å². The van der Waals surface area contributed by atoms with Gasteiger partial charge in [0.25, 0.3) is 0 Å². The molecular weight excluding hydrogens is 144 g/mol. The molecule has 0 aromatic rings. The van der Waals surface area contributed by atoms with Gasteiger partial charge in [0, 0.05) is 0 Å². The quantitative estimate of drug-likeness (QED) is 0.325. The fraction of sp³-hybridized carbons (Fsp3) is 0.286. The first kappa shape index (κ1) is 9.35. The van der Waals surface area contributed by atoms with E-state index in [4.69, 9.17) is 12.8 Å². The van der Waals surface area contributed by atoms with Gasteiger partial charge in [-0.25, -0.2) is 10.3 Å². The molecule has 2 N–H and O–H groups in total. The Hall–Kier alpha value is -1.65. The van der Waals surface area contributed by atoms with Crippen LogP contribution in [0.2, 0.25) is 0 Å². The van der Waals surface area contributed by atoms with E-state index in [0.717, 1.165) is 0 Å². The Labute approximate surface area is 65.3 Å². The van der Waals surface area contributed by atoms with Crippen molar-refractivity contribution < 1.29 is 9.63 Å². The number of carbonyl (C=O) groups is 1. The average molecular weight is 152 g/mol. The average Bonchev–Trinajstić information content (AvgIpc) is 2.01. The molecule has 0 fully saturated rings. The third-order valence-electron chi connectivity index (χ3n) is 0.671. The van der Waals surface area contributed by atoms with E-state index in [1.165, 1.54) is 0 Å². The summed E-state index contributed by atoms with van der Waals surface area (Å²) in [5, 5.41) is 2.31. The SMILES string of the molecule is C#CCNC(=O)NOCC#C. The molecular formula is C7H8N2O2. The number of hydroxylamine groups is 1. The third-order valence-corrected chi connectivity index (χ3v) is 0.671. The van der Waals surface area contributed by atoms with Crippen molar-refractivity contribution in [3.8, 4) is 24.7 Å². The highest BCUT2D eigenvalue weighted by molar-refractivity contribution is 5.72. The second-order valence-electron chi connectivity index (χ2n) is 1.48. The summed E-state index contributed by atoms with van der Waals surface area (Å²) in [6.07, 6.45) is 9.70. The molecule has 0 saturated heterocycles. The van der Waals surface area contributed by atoms with E-state index in [9.17, 15) is 4.79 Å². The molecule has 11 heavy (non-hydrogen) atoms. The van der Waals surface area contributed by atoms with Crippen LogP contribution in [0.15, 0.2) is 0 Å². The molecule has 0 rings (SSSR count). The minimum absolute atomic E-state index is 0.0312. The van der Waals surface area contributed by atoms with Crippen LogP contribution in [0, 0.1) is 24.7 Å². The van der Waals surface area contributed by atoms with Crippen LogP contribution in [0.5, 0.6) is 0 Å². The minimum Gasteiger partial charge on any atom is -0.325 e. The van der Waals surface area contributed by atoms with E-state index in [1.54, 1.807) is 0 Å². The highest BCUT2D eigenvalue weighted by Gasteiger charge is 1.94. The monoisotopic (exact) mass is 152 g/mol. The van der Waals surface area contributed by atoms with Crippen LogP contribution in [0.1, 0.15) is 0 Å². The second-order valence-corrected chi connectivity index (χ2v) is 1.48. The molecule has 2 amide bonds. The van der Waals surface area contributed by atoms with Crippen LogP contribution < -0.4 is 10.8 Å². The first-order valence-electron chi connectivity index (χ1n) is 2.83. The van der Waals surface area contributed by atoms with Crippen molar-refractivity contribution in [1.29, 1.82) is 0 Å². The molecule has 0 heterocycles. The minimum atomic E-state index is -0.502. The van der Waals surface area contributed by atoms with Crippen molar-refractivity contribution in [2.45, 2.75) is 0 Å². The lowest BCUT2D eigenvalue weighted by Gasteiger charge is -2.01. The maximum Gasteiger partial charge on any atom is 0.339 e. The topological polar surface area (TPSA) is 50.4 Å². The zero-order valence-electron chi connectivity index (χ0n) is 5.89. The van der Waals surface area contributed by atoms with E-state index in [0.29, 0.717) is 0 Å². The summed E-state index contributed by atoms with van der Waals surface area (Å²) in [5.41, 5.74) is 2.03. The molecule has 4 heteroatoms. The fourth-order valence-electron chi connectivity index (χ4n) is 0.311. The molecule has 0 saturated carbocycles. The number of rotatable bonds is 3. The fourth-order valence-corrected chi connectivity index (χ4v) is 0.311. The molecule has 0 bridgehead atoms.